The molecule has 0 spiro atoms. The number of carbonyl (C=O) groups is 1. The van der Waals surface area contributed by atoms with Crippen LogP contribution in [-0.4, -0.2) is 15.5 Å². The van der Waals surface area contributed by atoms with Crippen LogP contribution in [-0.2, 0) is 7.05 Å². The minimum absolute atomic E-state index is 0.0675. The Kier molecular flexibility index (Phi) is 3.65. The van der Waals surface area contributed by atoms with Crippen molar-refractivity contribution in [3.05, 3.63) is 69.6 Å². The summed E-state index contributed by atoms with van der Waals surface area (Å²) in [4.78, 5) is 28.8. The number of fused-ring (bicyclic) bond motifs is 1. The molecule has 110 valence electrons. The first kappa shape index (κ1) is 14.3. The second-order valence-corrected chi connectivity index (χ2v) is 5.24. The van der Waals surface area contributed by atoms with Crippen LogP contribution in [0.4, 0.5) is 5.69 Å². The predicted molar refractivity (Wildman–Crippen MR) is 86.4 cm³/mol. The second-order valence-electron chi connectivity index (χ2n) is 4.80. The number of carbonyl (C=O) groups excluding carboxylic acids is 1. The monoisotopic (exact) mass is 313 g/mol. The lowest BCUT2D eigenvalue weighted by molar-refractivity contribution is 0.102. The van der Waals surface area contributed by atoms with Crippen LogP contribution in [0.15, 0.2) is 53.5 Å². The Morgan fingerprint density at radius 2 is 1.95 bits per heavy atom. The lowest BCUT2D eigenvalue weighted by atomic mass is 10.2. The Balaban J connectivity index is 2.02. The molecule has 2 aromatic heterocycles. The largest absolute Gasteiger partial charge is 0.322 e. The van der Waals surface area contributed by atoms with Gasteiger partial charge in [-0.3, -0.25) is 14.2 Å². The van der Waals surface area contributed by atoms with Gasteiger partial charge in [-0.1, -0.05) is 11.6 Å². The summed E-state index contributed by atoms with van der Waals surface area (Å²) >= 11 is 5.80. The number of benzene rings is 1. The molecule has 3 aromatic rings. The Labute approximate surface area is 131 Å². The van der Waals surface area contributed by atoms with Gasteiger partial charge in [0.2, 0.25) is 0 Å². The molecule has 1 amide bonds. The van der Waals surface area contributed by atoms with Crippen LogP contribution in [0.3, 0.4) is 0 Å². The Bertz CT molecular complexity index is 917. The number of aryl methyl sites for hydroxylation is 1. The molecular weight excluding hydrogens is 302 g/mol. The van der Waals surface area contributed by atoms with Gasteiger partial charge < -0.3 is 5.32 Å². The van der Waals surface area contributed by atoms with Crippen molar-refractivity contribution >= 4 is 34.2 Å². The predicted octanol–water partition coefficient (Wildman–Crippen LogP) is 2.84. The van der Waals surface area contributed by atoms with E-state index in [0.717, 1.165) is 5.39 Å². The van der Waals surface area contributed by atoms with Gasteiger partial charge in [0.1, 0.15) is 11.2 Å². The van der Waals surface area contributed by atoms with Crippen LogP contribution in [0.2, 0.25) is 5.02 Å². The van der Waals surface area contributed by atoms with Crippen molar-refractivity contribution in [2.75, 3.05) is 5.32 Å². The van der Waals surface area contributed by atoms with E-state index < -0.39 is 11.5 Å². The number of anilines is 1. The summed E-state index contributed by atoms with van der Waals surface area (Å²) in [5, 5.41) is 3.99. The van der Waals surface area contributed by atoms with Crippen molar-refractivity contribution in [2.45, 2.75) is 0 Å². The number of nitrogens with one attached hydrogen (secondary N) is 1. The molecule has 6 heteroatoms. The first-order valence-electron chi connectivity index (χ1n) is 6.58. The molecule has 1 N–H and O–H groups in total. The molecule has 0 bridgehead atoms. The molecule has 0 saturated carbocycles. The Hall–Kier alpha value is -2.66. The molecule has 3 rings (SSSR count). The van der Waals surface area contributed by atoms with Gasteiger partial charge in [-0.05, 0) is 42.5 Å². The number of aromatic nitrogens is 2. The molecule has 0 aliphatic carbocycles. The van der Waals surface area contributed by atoms with E-state index in [-0.39, 0.29) is 5.56 Å². The molecule has 0 aliphatic rings. The fraction of sp³-hybridized carbons (Fsp3) is 0.0625. The van der Waals surface area contributed by atoms with E-state index in [1.807, 2.05) is 0 Å². The molecule has 22 heavy (non-hydrogen) atoms. The average Bonchev–Trinajstić information content (AvgIpc) is 2.53. The maximum absolute atomic E-state index is 12.3. The highest BCUT2D eigenvalue weighted by molar-refractivity contribution is 6.30. The van der Waals surface area contributed by atoms with E-state index in [1.54, 1.807) is 55.7 Å². The van der Waals surface area contributed by atoms with Crippen LogP contribution in [0, 0.1) is 0 Å². The van der Waals surface area contributed by atoms with E-state index in [1.165, 1.54) is 4.57 Å². The Morgan fingerprint density at radius 3 is 2.68 bits per heavy atom. The van der Waals surface area contributed by atoms with Gasteiger partial charge in [-0.2, -0.15) is 0 Å². The number of amides is 1. The number of rotatable bonds is 2. The summed E-state index contributed by atoms with van der Waals surface area (Å²) in [6.45, 7) is 0. The minimum atomic E-state index is -0.464. The molecule has 5 nitrogen and oxygen atoms in total. The standard InChI is InChI=1S/C16H12ClN3O2/c1-20-14-10(3-2-8-18-14)9-13(16(20)22)15(21)19-12-6-4-11(17)5-7-12/h2-9H,1H3,(H,19,21). The van der Waals surface area contributed by atoms with Crippen LogP contribution >= 0.6 is 11.6 Å². The highest BCUT2D eigenvalue weighted by Gasteiger charge is 2.14. The third-order valence-corrected chi connectivity index (χ3v) is 3.57. The zero-order chi connectivity index (χ0) is 15.7. The highest BCUT2D eigenvalue weighted by atomic mass is 35.5. The molecule has 0 unspecified atom stereocenters. The SMILES string of the molecule is Cn1c(=O)c(C(=O)Nc2ccc(Cl)cc2)cc2cccnc21. The summed E-state index contributed by atoms with van der Waals surface area (Å²) in [5.74, 6) is -0.464. The van der Waals surface area contributed by atoms with Crippen LogP contribution in [0.25, 0.3) is 11.0 Å². The molecule has 0 atom stereocenters. The number of pyridine rings is 2. The van der Waals surface area contributed by atoms with Crippen LogP contribution < -0.4 is 10.9 Å². The van der Waals surface area contributed by atoms with Crippen LogP contribution in [0.1, 0.15) is 10.4 Å². The zero-order valence-corrected chi connectivity index (χ0v) is 12.5. The van der Waals surface area contributed by atoms with E-state index in [2.05, 4.69) is 10.3 Å². The molecule has 1 aromatic carbocycles. The normalized spacial score (nSPS) is 10.6. The molecule has 2 heterocycles. The fourth-order valence-corrected chi connectivity index (χ4v) is 2.32. The topological polar surface area (TPSA) is 64.0 Å². The lowest BCUT2D eigenvalue weighted by Gasteiger charge is -2.08. The van der Waals surface area contributed by atoms with Crippen molar-refractivity contribution in [3.8, 4) is 0 Å². The third kappa shape index (κ3) is 2.58. The number of halogens is 1. The first-order valence-corrected chi connectivity index (χ1v) is 6.96. The number of hydrogen-bond acceptors (Lipinski definition) is 3. The average molecular weight is 314 g/mol. The van der Waals surface area contributed by atoms with Crippen molar-refractivity contribution in [1.82, 2.24) is 9.55 Å². The van der Waals surface area contributed by atoms with E-state index in [9.17, 15) is 9.59 Å². The van der Waals surface area contributed by atoms with Crippen molar-refractivity contribution in [1.29, 1.82) is 0 Å². The van der Waals surface area contributed by atoms with E-state index >= 15 is 0 Å². The quantitative estimate of drug-likeness (QED) is 0.791. The van der Waals surface area contributed by atoms with Gasteiger partial charge in [-0.15, -0.1) is 0 Å². The van der Waals surface area contributed by atoms with Gasteiger partial charge in [0, 0.05) is 29.3 Å². The maximum atomic E-state index is 12.3. The summed E-state index contributed by atoms with van der Waals surface area (Å²) in [6.07, 6.45) is 1.61. The van der Waals surface area contributed by atoms with Gasteiger partial charge in [0.05, 0.1) is 0 Å². The minimum Gasteiger partial charge on any atom is -0.322 e. The van der Waals surface area contributed by atoms with Crippen molar-refractivity contribution in [2.24, 2.45) is 7.05 Å². The van der Waals surface area contributed by atoms with Crippen LogP contribution in [0.5, 0.6) is 0 Å². The number of hydrogen-bond donors (Lipinski definition) is 1. The smallest absolute Gasteiger partial charge is 0.264 e. The van der Waals surface area contributed by atoms with Crippen molar-refractivity contribution < 1.29 is 4.79 Å². The first-order chi connectivity index (χ1) is 10.6. The Morgan fingerprint density at radius 1 is 1.23 bits per heavy atom. The summed E-state index contributed by atoms with van der Waals surface area (Å²) in [7, 11) is 1.59. The van der Waals surface area contributed by atoms with Crippen molar-refractivity contribution in [3.63, 3.8) is 0 Å². The summed E-state index contributed by atoms with van der Waals surface area (Å²) < 4.78 is 1.37. The molecule has 0 radical (unpaired) electrons. The molecule has 0 saturated heterocycles. The second kappa shape index (κ2) is 5.61. The molecule has 0 aliphatic heterocycles. The van der Waals surface area contributed by atoms with E-state index in [4.69, 9.17) is 11.6 Å². The van der Waals surface area contributed by atoms with Gasteiger partial charge in [0.25, 0.3) is 11.5 Å². The summed E-state index contributed by atoms with van der Waals surface area (Å²) in [5.41, 5.74) is 0.786. The van der Waals surface area contributed by atoms with Gasteiger partial charge in [-0.25, -0.2) is 4.98 Å². The fourth-order valence-electron chi connectivity index (χ4n) is 2.19. The zero-order valence-electron chi connectivity index (χ0n) is 11.7. The molecular formula is C16H12ClN3O2. The van der Waals surface area contributed by atoms with Gasteiger partial charge >= 0.3 is 0 Å². The maximum Gasteiger partial charge on any atom is 0.264 e. The lowest BCUT2D eigenvalue weighted by Crippen LogP contribution is -2.28. The van der Waals surface area contributed by atoms with Gasteiger partial charge in [0.15, 0.2) is 0 Å². The number of nitrogens with zero attached hydrogens (tertiary/aromatic N) is 2. The van der Waals surface area contributed by atoms with E-state index in [0.29, 0.717) is 16.4 Å². The highest BCUT2D eigenvalue weighted by Crippen LogP contribution is 2.15. The third-order valence-electron chi connectivity index (χ3n) is 3.32. The molecule has 0 fully saturated rings. The summed E-state index contributed by atoms with van der Waals surface area (Å²) in [6, 6.07) is 11.8.